The van der Waals surface area contributed by atoms with Gasteiger partial charge in [0.05, 0.1) is 21.8 Å². The van der Waals surface area contributed by atoms with Crippen LogP contribution in [0.3, 0.4) is 0 Å². The summed E-state index contributed by atoms with van der Waals surface area (Å²) < 4.78 is 40.8. The third-order valence-corrected chi connectivity index (χ3v) is 4.63. The number of imidazole rings is 1. The molecule has 6 nitrogen and oxygen atoms in total. The third kappa shape index (κ3) is 3.55. The number of nitrogens with zero attached hydrogens (tertiary/aromatic N) is 4. The summed E-state index contributed by atoms with van der Waals surface area (Å²) in [4.78, 5) is 16.2. The molecule has 0 atom stereocenters. The normalized spacial score (nSPS) is 16.2. The topological polar surface area (TPSA) is 64.2 Å². The highest BCUT2D eigenvalue weighted by molar-refractivity contribution is 6.31. The Kier molecular flexibility index (Phi) is 4.59. The Morgan fingerprint density at radius 3 is 2.48 bits per heavy atom. The van der Waals surface area contributed by atoms with E-state index < -0.39 is 27.4 Å². The number of hydrogen-bond acceptors (Lipinski definition) is 4. The molecule has 0 spiro atoms. The molecule has 1 aliphatic rings. The molecule has 0 unspecified atom stereocenters. The molecule has 0 aliphatic carbocycles. The van der Waals surface area contributed by atoms with E-state index in [1.807, 2.05) is 10.8 Å². The second-order valence-corrected chi connectivity index (χ2v) is 6.21. The van der Waals surface area contributed by atoms with Crippen LogP contribution in [-0.2, 0) is 6.18 Å². The first kappa shape index (κ1) is 17.5. The summed E-state index contributed by atoms with van der Waals surface area (Å²) in [5.74, 6) is 0. The van der Waals surface area contributed by atoms with Crippen molar-refractivity contribution in [3.63, 3.8) is 0 Å². The van der Waals surface area contributed by atoms with Gasteiger partial charge in [-0.05, 0) is 18.9 Å². The number of anilines is 1. The highest BCUT2D eigenvalue weighted by Crippen LogP contribution is 2.42. The Hall–Kier alpha value is -2.29. The summed E-state index contributed by atoms with van der Waals surface area (Å²) in [7, 11) is 0. The second-order valence-electron chi connectivity index (χ2n) is 5.80. The standard InChI is InChI=1S/C15H14ClF3N4O2/c16-12-8-13(14(23(24)25)7-11(12)15(17,18)19)21-4-1-10(2-5-21)22-6-3-20-9-22/h3,6-10H,1-2,4-5H2. The number of halogens is 4. The Balaban J connectivity index is 1.87. The number of nitro groups is 1. The van der Waals surface area contributed by atoms with Gasteiger partial charge in [-0.15, -0.1) is 0 Å². The molecule has 2 heterocycles. The van der Waals surface area contributed by atoms with Crippen molar-refractivity contribution in [2.75, 3.05) is 18.0 Å². The lowest BCUT2D eigenvalue weighted by atomic mass is 10.0. The van der Waals surface area contributed by atoms with Crippen LogP contribution in [0.5, 0.6) is 0 Å². The van der Waals surface area contributed by atoms with E-state index in [1.165, 1.54) is 0 Å². The molecule has 0 amide bonds. The molecule has 25 heavy (non-hydrogen) atoms. The molecule has 1 aromatic heterocycles. The molecule has 134 valence electrons. The van der Waals surface area contributed by atoms with E-state index in [0.29, 0.717) is 32.0 Å². The van der Waals surface area contributed by atoms with Crippen LogP contribution in [0, 0.1) is 10.1 Å². The average molecular weight is 375 g/mol. The third-order valence-electron chi connectivity index (χ3n) is 4.32. The number of rotatable bonds is 3. The van der Waals surface area contributed by atoms with Crippen molar-refractivity contribution in [1.82, 2.24) is 9.55 Å². The van der Waals surface area contributed by atoms with Crippen LogP contribution < -0.4 is 4.90 Å². The molecule has 0 bridgehead atoms. The van der Waals surface area contributed by atoms with Gasteiger partial charge in [0.15, 0.2) is 0 Å². The fourth-order valence-corrected chi connectivity index (χ4v) is 3.32. The maximum atomic E-state index is 12.9. The summed E-state index contributed by atoms with van der Waals surface area (Å²) in [6, 6.07) is 1.77. The zero-order valence-electron chi connectivity index (χ0n) is 12.9. The molecule has 0 N–H and O–H groups in total. The Bertz CT molecular complexity index is 772. The molecule has 1 saturated heterocycles. The van der Waals surface area contributed by atoms with Gasteiger partial charge in [-0.3, -0.25) is 10.1 Å². The fraction of sp³-hybridized carbons (Fsp3) is 0.400. The number of nitro benzene ring substituents is 1. The van der Waals surface area contributed by atoms with Gasteiger partial charge in [-0.25, -0.2) is 4.98 Å². The molecule has 0 saturated carbocycles. The lowest BCUT2D eigenvalue weighted by Crippen LogP contribution is -2.34. The van der Waals surface area contributed by atoms with Crippen LogP contribution in [0.4, 0.5) is 24.5 Å². The van der Waals surface area contributed by atoms with E-state index in [-0.39, 0.29) is 11.7 Å². The van der Waals surface area contributed by atoms with Crippen LogP contribution in [-0.4, -0.2) is 27.6 Å². The van der Waals surface area contributed by atoms with Crippen molar-refractivity contribution in [3.8, 4) is 0 Å². The zero-order chi connectivity index (χ0) is 18.2. The van der Waals surface area contributed by atoms with Crippen LogP contribution in [0.25, 0.3) is 0 Å². The summed E-state index contributed by atoms with van der Waals surface area (Å²) >= 11 is 5.74. The van der Waals surface area contributed by atoms with Gasteiger partial charge in [0, 0.05) is 37.6 Å². The van der Waals surface area contributed by atoms with Crippen LogP contribution in [0.1, 0.15) is 24.4 Å². The maximum absolute atomic E-state index is 12.9. The minimum atomic E-state index is -4.74. The van der Waals surface area contributed by atoms with Gasteiger partial charge in [0.2, 0.25) is 0 Å². The zero-order valence-corrected chi connectivity index (χ0v) is 13.7. The fourth-order valence-electron chi connectivity index (χ4n) is 3.06. The first-order valence-electron chi connectivity index (χ1n) is 7.55. The Labute approximate surface area is 146 Å². The SMILES string of the molecule is O=[N+]([O-])c1cc(C(F)(F)F)c(Cl)cc1N1CCC(n2ccnc2)CC1. The Morgan fingerprint density at radius 2 is 1.96 bits per heavy atom. The van der Waals surface area contributed by atoms with Gasteiger partial charge in [0.25, 0.3) is 5.69 Å². The predicted molar refractivity (Wildman–Crippen MR) is 85.8 cm³/mol. The minimum absolute atomic E-state index is 0.118. The molecule has 1 fully saturated rings. The summed E-state index contributed by atoms with van der Waals surface area (Å²) in [6.07, 6.45) is 1.88. The van der Waals surface area contributed by atoms with Crippen molar-refractivity contribution < 1.29 is 18.1 Å². The van der Waals surface area contributed by atoms with Crippen LogP contribution in [0.2, 0.25) is 5.02 Å². The van der Waals surface area contributed by atoms with Gasteiger partial charge in [0.1, 0.15) is 5.69 Å². The van der Waals surface area contributed by atoms with Crippen molar-refractivity contribution in [1.29, 1.82) is 0 Å². The molecule has 1 aliphatic heterocycles. The van der Waals surface area contributed by atoms with E-state index in [2.05, 4.69) is 4.98 Å². The number of alkyl halides is 3. The molecule has 0 radical (unpaired) electrons. The molecular formula is C15H14ClF3N4O2. The largest absolute Gasteiger partial charge is 0.418 e. The number of hydrogen-bond donors (Lipinski definition) is 0. The van der Waals surface area contributed by atoms with Crippen molar-refractivity contribution in [3.05, 3.63) is 51.6 Å². The van der Waals surface area contributed by atoms with E-state index in [1.54, 1.807) is 17.4 Å². The predicted octanol–water partition coefficient (Wildman–Crippen LogP) is 4.31. The number of piperidine rings is 1. The Morgan fingerprint density at radius 1 is 1.28 bits per heavy atom. The van der Waals surface area contributed by atoms with Crippen LogP contribution >= 0.6 is 11.6 Å². The van der Waals surface area contributed by atoms with Crippen molar-refractivity contribution in [2.45, 2.75) is 25.1 Å². The first-order chi connectivity index (χ1) is 11.8. The van der Waals surface area contributed by atoms with E-state index >= 15 is 0 Å². The van der Waals surface area contributed by atoms with E-state index in [0.717, 1.165) is 6.07 Å². The van der Waals surface area contributed by atoms with Gasteiger partial charge in [-0.1, -0.05) is 11.6 Å². The molecule has 10 heteroatoms. The summed E-state index contributed by atoms with van der Waals surface area (Å²) in [6.45, 7) is 0.955. The number of benzene rings is 1. The van der Waals surface area contributed by atoms with E-state index in [9.17, 15) is 23.3 Å². The lowest BCUT2D eigenvalue weighted by Gasteiger charge is -2.34. The quantitative estimate of drug-likeness (QED) is 0.593. The summed E-state index contributed by atoms with van der Waals surface area (Å²) in [5.41, 5.74) is -1.66. The van der Waals surface area contributed by atoms with Gasteiger partial charge >= 0.3 is 6.18 Å². The van der Waals surface area contributed by atoms with Crippen molar-refractivity contribution in [2.24, 2.45) is 0 Å². The van der Waals surface area contributed by atoms with Crippen molar-refractivity contribution >= 4 is 23.0 Å². The maximum Gasteiger partial charge on any atom is 0.418 e. The second kappa shape index (κ2) is 6.55. The van der Waals surface area contributed by atoms with E-state index in [4.69, 9.17) is 11.6 Å². The molecule has 1 aromatic carbocycles. The average Bonchev–Trinajstić information content (AvgIpc) is 3.07. The highest BCUT2D eigenvalue weighted by atomic mass is 35.5. The highest BCUT2D eigenvalue weighted by Gasteiger charge is 2.37. The minimum Gasteiger partial charge on any atom is -0.366 e. The smallest absolute Gasteiger partial charge is 0.366 e. The summed E-state index contributed by atoms with van der Waals surface area (Å²) in [5, 5.41) is 10.7. The lowest BCUT2D eigenvalue weighted by molar-refractivity contribution is -0.384. The van der Waals surface area contributed by atoms with Crippen LogP contribution in [0.15, 0.2) is 30.9 Å². The molecular weight excluding hydrogens is 361 g/mol. The number of aromatic nitrogens is 2. The van der Waals surface area contributed by atoms with Gasteiger partial charge < -0.3 is 9.47 Å². The molecule has 2 aromatic rings. The molecule has 3 rings (SSSR count). The van der Waals surface area contributed by atoms with Gasteiger partial charge in [-0.2, -0.15) is 13.2 Å². The first-order valence-corrected chi connectivity index (χ1v) is 7.92. The monoisotopic (exact) mass is 374 g/mol.